The number of carbonyl (C=O) groups excluding carboxylic acids is 1. The lowest BCUT2D eigenvalue weighted by molar-refractivity contribution is -0.131. The van der Waals surface area contributed by atoms with Gasteiger partial charge in [-0.1, -0.05) is 18.2 Å². The molecule has 0 saturated carbocycles. The van der Waals surface area contributed by atoms with Gasteiger partial charge in [0.1, 0.15) is 0 Å². The van der Waals surface area contributed by atoms with Crippen LogP contribution in [0.5, 0.6) is 0 Å². The smallest absolute Gasteiger partial charge is 0.239 e. The van der Waals surface area contributed by atoms with E-state index in [-0.39, 0.29) is 24.4 Å². The highest BCUT2D eigenvalue weighted by molar-refractivity contribution is 7.99. The van der Waals surface area contributed by atoms with Crippen molar-refractivity contribution in [2.24, 2.45) is 11.7 Å². The topological polar surface area (TPSA) is 46.3 Å². The Morgan fingerprint density at radius 3 is 2.82 bits per heavy atom. The molecule has 1 aliphatic heterocycles. The molecule has 2 N–H and O–H groups in total. The quantitative estimate of drug-likeness (QED) is 0.759. The molecule has 124 valence electrons. The third-order valence-corrected chi connectivity index (χ3v) is 5.66. The fourth-order valence-corrected chi connectivity index (χ4v) is 4.04. The number of nitrogens with two attached hydrogens (primary N) is 1. The van der Waals surface area contributed by atoms with E-state index in [1.165, 1.54) is 4.90 Å². The average molecular weight is 361 g/mol. The van der Waals surface area contributed by atoms with E-state index in [0.717, 1.165) is 37.4 Å². The molecule has 3 nitrogen and oxygen atoms in total. The van der Waals surface area contributed by atoms with Crippen molar-refractivity contribution in [2.45, 2.75) is 23.8 Å². The summed E-state index contributed by atoms with van der Waals surface area (Å²) in [6.45, 7) is 1.73. The van der Waals surface area contributed by atoms with Crippen LogP contribution in [-0.2, 0) is 4.79 Å². The largest absolute Gasteiger partial charge is 0.341 e. The molecule has 1 unspecified atom stereocenters. The van der Waals surface area contributed by atoms with E-state index in [9.17, 15) is 4.79 Å². The van der Waals surface area contributed by atoms with E-state index in [2.05, 4.69) is 24.3 Å². The minimum Gasteiger partial charge on any atom is -0.341 e. The van der Waals surface area contributed by atoms with Crippen LogP contribution >= 0.6 is 35.9 Å². The maximum absolute atomic E-state index is 12.3. The van der Waals surface area contributed by atoms with Gasteiger partial charge in [-0.2, -0.15) is 11.8 Å². The molecule has 1 saturated heterocycles. The number of thioether (sulfide) groups is 2. The lowest BCUT2D eigenvalue weighted by Gasteiger charge is -2.20. The Morgan fingerprint density at radius 1 is 1.41 bits per heavy atom. The van der Waals surface area contributed by atoms with Gasteiger partial charge >= 0.3 is 0 Å². The number of carbonyl (C=O) groups is 1. The summed E-state index contributed by atoms with van der Waals surface area (Å²) < 4.78 is 0. The van der Waals surface area contributed by atoms with Gasteiger partial charge in [0.05, 0.1) is 6.04 Å². The summed E-state index contributed by atoms with van der Waals surface area (Å²) in [7, 11) is 0. The Hall–Kier alpha value is -0.360. The number of halogens is 1. The van der Waals surface area contributed by atoms with Gasteiger partial charge in [0.2, 0.25) is 5.91 Å². The molecule has 1 aliphatic rings. The first-order valence-corrected chi connectivity index (χ1v) is 9.80. The molecule has 0 bridgehead atoms. The van der Waals surface area contributed by atoms with Gasteiger partial charge in [-0.25, -0.2) is 0 Å². The Kier molecular flexibility index (Phi) is 9.33. The van der Waals surface area contributed by atoms with Gasteiger partial charge in [0, 0.05) is 23.7 Å². The Balaban J connectivity index is 0.00000242. The van der Waals surface area contributed by atoms with Crippen molar-refractivity contribution in [1.82, 2.24) is 4.90 Å². The molecule has 6 heteroatoms. The molecule has 0 aromatic heterocycles. The van der Waals surface area contributed by atoms with Crippen LogP contribution in [0.3, 0.4) is 0 Å². The number of likely N-dealkylation sites (tertiary alicyclic amines) is 1. The second kappa shape index (κ2) is 10.4. The monoisotopic (exact) mass is 360 g/mol. The first kappa shape index (κ1) is 19.7. The normalized spacial score (nSPS) is 18.8. The van der Waals surface area contributed by atoms with Gasteiger partial charge in [-0.3, -0.25) is 4.79 Å². The molecule has 0 radical (unpaired) electrons. The van der Waals surface area contributed by atoms with E-state index in [1.54, 1.807) is 11.8 Å². The molecular weight excluding hydrogens is 336 g/mol. The summed E-state index contributed by atoms with van der Waals surface area (Å²) in [6.07, 6.45) is 3.92. The van der Waals surface area contributed by atoms with Crippen molar-refractivity contribution in [2.75, 3.05) is 30.9 Å². The van der Waals surface area contributed by atoms with Crippen LogP contribution in [0.4, 0.5) is 0 Å². The highest BCUT2D eigenvalue weighted by atomic mass is 35.5. The van der Waals surface area contributed by atoms with Crippen LogP contribution in [-0.4, -0.2) is 47.7 Å². The van der Waals surface area contributed by atoms with Crippen LogP contribution in [0.2, 0.25) is 0 Å². The second-order valence-corrected chi connectivity index (χ2v) is 7.53. The molecule has 2 atom stereocenters. The van der Waals surface area contributed by atoms with Crippen LogP contribution in [0, 0.1) is 5.92 Å². The molecule has 1 aromatic carbocycles. The van der Waals surface area contributed by atoms with Crippen LogP contribution < -0.4 is 5.73 Å². The minimum atomic E-state index is -0.321. The predicted octanol–water partition coefficient (Wildman–Crippen LogP) is 3.13. The van der Waals surface area contributed by atoms with Crippen molar-refractivity contribution in [1.29, 1.82) is 0 Å². The van der Waals surface area contributed by atoms with E-state index in [4.69, 9.17) is 5.73 Å². The zero-order valence-corrected chi connectivity index (χ0v) is 15.4. The fraction of sp³-hybridized carbons (Fsp3) is 0.562. The maximum Gasteiger partial charge on any atom is 0.239 e. The van der Waals surface area contributed by atoms with Gasteiger partial charge in [0.25, 0.3) is 0 Å². The molecule has 1 amide bonds. The zero-order chi connectivity index (χ0) is 15.1. The van der Waals surface area contributed by atoms with Crippen molar-refractivity contribution in [3.05, 3.63) is 30.3 Å². The van der Waals surface area contributed by atoms with Crippen LogP contribution in [0.15, 0.2) is 35.2 Å². The zero-order valence-electron chi connectivity index (χ0n) is 12.9. The fourth-order valence-electron chi connectivity index (χ4n) is 2.50. The standard InChI is InChI=1S/C16H24N2OS2.ClH/c1-20-10-8-15(17)16(19)18-9-7-13(11-18)12-21-14-5-3-2-4-6-14;/h2-6,13,15H,7-12,17H2,1H3;1H/t13?,15-;/m0./s1. The van der Waals surface area contributed by atoms with E-state index >= 15 is 0 Å². The number of nitrogens with zero attached hydrogens (tertiary/aromatic N) is 1. The molecule has 1 aromatic rings. The summed E-state index contributed by atoms with van der Waals surface area (Å²) in [5.41, 5.74) is 5.98. The first-order chi connectivity index (χ1) is 10.2. The Bertz CT molecular complexity index is 447. The van der Waals surface area contributed by atoms with E-state index in [0.29, 0.717) is 5.92 Å². The predicted molar refractivity (Wildman–Crippen MR) is 100 cm³/mol. The molecule has 1 heterocycles. The summed E-state index contributed by atoms with van der Waals surface area (Å²) in [4.78, 5) is 15.5. The summed E-state index contributed by atoms with van der Waals surface area (Å²) in [6, 6.07) is 10.1. The molecule has 22 heavy (non-hydrogen) atoms. The maximum atomic E-state index is 12.3. The molecule has 0 aliphatic carbocycles. The highest BCUT2D eigenvalue weighted by Crippen LogP contribution is 2.26. The first-order valence-electron chi connectivity index (χ1n) is 7.42. The minimum absolute atomic E-state index is 0. The van der Waals surface area contributed by atoms with Crippen LogP contribution in [0.25, 0.3) is 0 Å². The van der Waals surface area contributed by atoms with Crippen molar-refractivity contribution >= 4 is 41.8 Å². The van der Waals surface area contributed by atoms with Gasteiger partial charge in [-0.15, -0.1) is 24.2 Å². The lowest BCUT2D eigenvalue weighted by Crippen LogP contribution is -2.43. The van der Waals surface area contributed by atoms with Gasteiger partial charge in [-0.05, 0) is 42.9 Å². The summed E-state index contributed by atoms with van der Waals surface area (Å²) in [5, 5.41) is 0. The van der Waals surface area contributed by atoms with E-state index in [1.807, 2.05) is 29.0 Å². The number of hydrogen-bond acceptors (Lipinski definition) is 4. The van der Waals surface area contributed by atoms with Crippen LogP contribution in [0.1, 0.15) is 12.8 Å². The highest BCUT2D eigenvalue weighted by Gasteiger charge is 2.28. The average Bonchev–Trinajstić information content (AvgIpc) is 2.99. The van der Waals surface area contributed by atoms with Gasteiger partial charge in [0.15, 0.2) is 0 Å². The molecular formula is C16H25ClN2OS2. The third-order valence-electron chi connectivity index (χ3n) is 3.78. The summed E-state index contributed by atoms with van der Waals surface area (Å²) in [5.74, 6) is 2.75. The Morgan fingerprint density at radius 2 is 2.14 bits per heavy atom. The van der Waals surface area contributed by atoms with Crippen molar-refractivity contribution in [3.63, 3.8) is 0 Å². The van der Waals surface area contributed by atoms with E-state index < -0.39 is 0 Å². The lowest BCUT2D eigenvalue weighted by atomic mass is 10.1. The third kappa shape index (κ3) is 6.03. The molecule has 1 fully saturated rings. The van der Waals surface area contributed by atoms with Gasteiger partial charge < -0.3 is 10.6 Å². The number of rotatable bonds is 7. The number of amides is 1. The molecule has 2 rings (SSSR count). The number of benzene rings is 1. The number of hydrogen-bond donors (Lipinski definition) is 1. The molecule has 0 spiro atoms. The summed E-state index contributed by atoms with van der Waals surface area (Å²) >= 11 is 3.62. The Labute approximate surface area is 148 Å². The second-order valence-electron chi connectivity index (χ2n) is 5.45. The van der Waals surface area contributed by atoms with Crippen molar-refractivity contribution in [3.8, 4) is 0 Å². The SMILES string of the molecule is CSCC[C@H](N)C(=O)N1CCC(CSc2ccccc2)C1.Cl. The van der Waals surface area contributed by atoms with Crippen molar-refractivity contribution < 1.29 is 4.79 Å².